The molecule has 0 spiro atoms. The second kappa shape index (κ2) is 4.95. The van der Waals surface area contributed by atoms with E-state index in [1.807, 2.05) is 16.9 Å². The van der Waals surface area contributed by atoms with Crippen molar-refractivity contribution in [1.29, 1.82) is 0 Å². The topological polar surface area (TPSA) is 73.8 Å². The van der Waals surface area contributed by atoms with Crippen LogP contribution < -0.4 is 0 Å². The predicted octanol–water partition coefficient (Wildman–Crippen LogP) is 2.56. The molecule has 24 heavy (non-hydrogen) atoms. The maximum Gasteiger partial charge on any atom is 0.250 e. The molecular formula is C17H15N7. The van der Waals surface area contributed by atoms with E-state index >= 15 is 0 Å². The SMILES string of the molecule is Cc1nc2c(-c3cnn(-c4ncccn4)c3)cnn2cc1C1CC1. The molecule has 4 aromatic heterocycles. The van der Waals surface area contributed by atoms with Gasteiger partial charge in [0.2, 0.25) is 5.95 Å². The zero-order valence-electron chi connectivity index (χ0n) is 13.2. The average molecular weight is 317 g/mol. The van der Waals surface area contributed by atoms with E-state index in [1.54, 1.807) is 29.3 Å². The van der Waals surface area contributed by atoms with Gasteiger partial charge in [0.1, 0.15) is 0 Å². The minimum atomic E-state index is 0.542. The Hall–Kier alpha value is -3.09. The van der Waals surface area contributed by atoms with E-state index in [0.29, 0.717) is 11.9 Å². The Morgan fingerprint density at radius 2 is 1.88 bits per heavy atom. The predicted molar refractivity (Wildman–Crippen MR) is 87.8 cm³/mol. The molecule has 0 aromatic carbocycles. The van der Waals surface area contributed by atoms with Gasteiger partial charge in [0.25, 0.3) is 0 Å². The molecule has 1 saturated carbocycles. The standard InChI is InChI=1S/C17H15N7/c1-11-15(12-3-4-12)10-23-16(22-11)14(8-21-23)13-7-20-24(9-13)17-18-5-2-6-19-17/h2,5-10,12H,3-4H2,1H3. The zero-order chi connectivity index (χ0) is 16.1. The maximum absolute atomic E-state index is 4.79. The third-order valence-electron chi connectivity index (χ3n) is 4.39. The van der Waals surface area contributed by atoms with Gasteiger partial charge in [0.15, 0.2) is 5.65 Å². The second-order valence-electron chi connectivity index (χ2n) is 6.10. The van der Waals surface area contributed by atoms with Gasteiger partial charge in [-0.2, -0.15) is 10.2 Å². The summed E-state index contributed by atoms with van der Waals surface area (Å²) in [6.45, 7) is 2.08. The maximum atomic E-state index is 4.79. The van der Waals surface area contributed by atoms with Crippen LogP contribution in [0.4, 0.5) is 0 Å². The van der Waals surface area contributed by atoms with Gasteiger partial charge in [-0.1, -0.05) is 0 Å². The molecule has 0 unspecified atom stereocenters. The van der Waals surface area contributed by atoms with Gasteiger partial charge in [0, 0.05) is 41.6 Å². The molecule has 1 fully saturated rings. The highest BCUT2D eigenvalue weighted by atomic mass is 15.3. The van der Waals surface area contributed by atoms with E-state index in [2.05, 4.69) is 33.3 Å². The number of rotatable bonds is 3. The Labute approximate surface area is 138 Å². The van der Waals surface area contributed by atoms with E-state index in [9.17, 15) is 0 Å². The van der Waals surface area contributed by atoms with Crippen molar-refractivity contribution in [3.63, 3.8) is 0 Å². The summed E-state index contributed by atoms with van der Waals surface area (Å²) in [7, 11) is 0. The third-order valence-corrected chi connectivity index (χ3v) is 4.39. The van der Waals surface area contributed by atoms with Gasteiger partial charge in [-0.25, -0.2) is 24.1 Å². The minimum Gasteiger partial charge on any atom is -0.233 e. The van der Waals surface area contributed by atoms with Crippen LogP contribution in [0.5, 0.6) is 0 Å². The van der Waals surface area contributed by atoms with Crippen LogP contribution in [0.1, 0.15) is 30.0 Å². The Bertz CT molecular complexity index is 1030. The van der Waals surface area contributed by atoms with Crippen molar-refractivity contribution >= 4 is 5.65 Å². The first-order chi connectivity index (χ1) is 11.8. The lowest BCUT2D eigenvalue weighted by Crippen LogP contribution is -1.99. The van der Waals surface area contributed by atoms with Crippen LogP contribution in [0, 0.1) is 6.92 Å². The van der Waals surface area contributed by atoms with E-state index in [0.717, 1.165) is 22.5 Å². The van der Waals surface area contributed by atoms with Crippen molar-refractivity contribution < 1.29 is 0 Å². The number of hydrogen-bond acceptors (Lipinski definition) is 5. The molecule has 7 heteroatoms. The zero-order valence-corrected chi connectivity index (χ0v) is 13.2. The molecule has 5 rings (SSSR count). The quantitative estimate of drug-likeness (QED) is 0.580. The van der Waals surface area contributed by atoms with Gasteiger partial charge in [0.05, 0.1) is 12.4 Å². The first kappa shape index (κ1) is 13.4. The molecule has 0 N–H and O–H groups in total. The normalized spacial score (nSPS) is 14.4. The lowest BCUT2D eigenvalue weighted by atomic mass is 10.1. The lowest BCUT2D eigenvalue weighted by Gasteiger charge is -2.04. The van der Waals surface area contributed by atoms with Crippen LogP contribution in [0.25, 0.3) is 22.7 Å². The Morgan fingerprint density at radius 3 is 2.67 bits per heavy atom. The van der Waals surface area contributed by atoms with Crippen LogP contribution >= 0.6 is 0 Å². The van der Waals surface area contributed by atoms with Gasteiger partial charge in [-0.05, 0) is 37.3 Å². The molecule has 1 aliphatic rings. The molecule has 7 nitrogen and oxygen atoms in total. The van der Waals surface area contributed by atoms with E-state index in [4.69, 9.17) is 4.98 Å². The monoisotopic (exact) mass is 317 g/mol. The molecule has 0 amide bonds. The molecule has 0 radical (unpaired) electrons. The molecule has 0 aliphatic heterocycles. The summed E-state index contributed by atoms with van der Waals surface area (Å²) in [6, 6.07) is 1.78. The van der Waals surface area contributed by atoms with Crippen molar-refractivity contribution in [3.05, 3.63) is 54.5 Å². The molecule has 1 aliphatic carbocycles. The molecule has 0 atom stereocenters. The molecule has 118 valence electrons. The fourth-order valence-corrected chi connectivity index (χ4v) is 2.99. The largest absolute Gasteiger partial charge is 0.250 e. The summed E-state index contributed by atoms with van der Waals surface area (Å²) in [5.74, 6) is 1.20. The third kappa shape index (κ3) is 2.09. The minimum absolute atomic E-state index is 0.542. The van der Waals surface area contributed by atoms with E-state index in [-0.39, 0.29) is 0 Å². The summed E-state index contributed by atoms with van der Waals surface area (Å²) in [5, 5.41) is 8.83. The van der Waals surface area contributed by atoms with Crippen LogP contribution in [0.15, 0.2) is 43.2 Å². The number of aromatic nitrogens is 7. The number of hydrogen-bond donors (Lipinski definition) is 0. The number of aryl methyl sites for hydroxylation is 1. The van der Waals surface area contributed by atoms with Crippen molar-refractivity contribution in [1.82, 2.24) is 34.3 Å². The van der Waals surface area contributed by atoms with E-state index < -0.39 is 0 Å². The fourth-order valence-electron chi connectivity index (χ4n) is 2.99. The summed E-state index contributed by atoms with van der Waals surface area (Å²) < 4.78 is 3.52. The molecule has 0 bridgehead atoms. The van der Waals surface area contributed by atoms with Gasteiger partial charge >= 0.3 is 0 Å². The molecule has 0 saturated heterocycles. The smallest absolute Gasteiger partial charge is 0.233 e. The van der Waals surface area contributed by atoms with Crippen LogP contribution in [0.3, 0.4) is 0 Å². The first-order valence-corrected chi connectivity index (χ1v) is 7.97. The van der Waals surface area contributed by atoms with Crippen LogP contribution in [0.2, 0.25) is 0 Å². The van der Waals surface area contributed by atoms with Gasteiger partial charge < -0.3 is 0 Å². The summed E-state index contributed by atoms with van der Waals surface area (Å²) in [6.07, 6.45) is 13.6. The highest BCUT2D eigenvalue weighted by Crippen LogP contribution is 2.41. The van der Waals surface area contributed by atoms with Crippen molar-refractivity contribution in [2.45, 2.75) is 25.7 Å². The van der Waals surface area contributed by atoms with E-state index in [1.165, 1.54) is 18.4 Å². The summed E-state index contributed by atoms with van der Waals surface area (Å²) >= 11 is 0. The van der Waals surface area contributed by atoms with Crippen molar-refractivity contribution in [2.75, 3.05) is 0 Å². The van der Waals surface area contributed by atoms with Gasteiger partial charge in [-0.3, -0.25) is 0 Å². The van der Waals surface area contributed by atoms with Crippen molar-refractivity contribution in [3.8, 4) is 17.1 Å². The molecular weight excluding hydrogens is 302 g/mol. The summed E-state index contributed by atoms with van der Waals surface area (Å²) in [4.78, 5) is 13.2. The Kier molecular flexibility index (Phi) is 2.76. The Morgan fingerprint density at radius 1 is 1.04 bits per heavy atom. The van der Waals surface area contributed by atoms with Crippen molar-refractivity contribution in [2.24, 2.45) is 0 Å². The average Bonchev–Trinajstić information content (AvgIpc) is 3.19. The molecule has 4 aromatic rings. The first-order valence-electron chi connectivity index (χ1n) is 7.97. The second-order valence-corrected chi connectivity index (χ2v) is 6.10. The fraction of sp³-hybridized carbons (Fsp3) is 0.235. The number of nitrogens with zero attached hydrogens (tertiary/aromatic N) is 7. The van der Waals surface area contributed by atoms with Crippen LogP contribution in [-0.4, -0.2) is 34.3 Å². The highest BCUT2D eigenvalue weighted by Gasteiger charge is 2.26. The van der Waals surface area contributed by atoms with Crippen LogP contribution in [-0.2, 0) is 0 Å². The summed E-state index contributed by atoms with van der Waals surface area (Å²) in [5.41, 5.74) is 5.16. The molecule has 4 heterocycles. The number of fused-ring (bicyclic) bond motifs is 1. The highest BCUT2D eigenvalue weighted by molar-refractivity contribution is 5.76. The Balaban J connectivity index is 1.60. The lowest BCUT2D eigenvalue weighted by molar-refractivity contribution is 0.808. The van der Waals surface area contributed by atoms with Gasteiger partial charge in [-0.15, -0.1) is 0 Å².